The average molecular weight is 460 g/mol. The van der Waals surface area contributed by atoms with Crippen LogP contribution in [0.3, 0.4) is 0 Å². The van der Waals surface area contributed by atoms with Crippen LogP contribution in [0, 0.1) is 20.8 Å². The van der Waals surface area contributed by atoms with Gasteiger partial charge >= 0.3 is 0 Å². The summed E-state index contributed by atoms with van der Waals surface area (Å²) in [5, 5.41) is 5.89. The van der Waals surface area contributed by atoms with Crippen molar-refractivity contribution in [3.05, 3.63) is 93.0 Å². The molecule has 0 aliphatic heterocycles. The molecule has 0 atom stereocenters. The van der Waals surface area contributed by atoms with Crippen LogP contribution in [-0.2, 0) is 5.75 Å². The molecule has 0 saturated heterocycles. The monoisotopic (exact) mass is 459 g/mol. The molecule has 3 aromatic heterocycles. The van der Waals surface area contributed by atoms with Gasteiger partial charge in [-0.15, -0.1) is 0 Å². The van der Waals surface area contributed by atoms with Crippen LogP contribution in [-0.4, -0.2) is 24.1 Å². The van der Waals surface area contributed by atoms with Crippen molar-refractivity contribution in [2.45, 2.75) is 31.7 Å². The molecule has 8 heteroatoms. The number of nitrogens with zero attached hydrogens (tertiary/aromatic N) is 5. The van der Waals surface area contributed by atoms with Crippen molar-refractivity contribution >= 4 is 28.1 Å². The number of hydrogen-bond donors (Lipinski definition) is 0. The van der Waals surface area contributed by atoms with Gasteiger partial charge in [-0.25, -0.2) is 9.97 Å². The Morgan fingerprint density at radius 2 is 1.84 bits per heavy atom. The number of thioether (sulfide) groups is 1. The van der Waals surface area contributed by atoms with Crippen LogP contribution in [0.25, 0.3) is 21.9 Å². The van der Waals surface area contributed by atoms with E-state index in [1.54, 1.807) is 17.8 Å². The fourth-order valence-electron chi connectivity index (χ4n) is 3.70. The summed E-state index contributed by atoms with van der Waals surface area (Å²) in [5.74, 6) is 0.541. The first-order valence-electron chi connectivity index (χ1n) is 10.2. The molecule has 0 radical (unpaired) electrons. The molecule has 3 heterocycles. The molecule has 5 rings (SSSR count). The maximum atomic E-state index is 12.4. The molecule has 0 unspecified atom stereocenters. The molecule has 0 aliphatic carbocycles. The lowest BCUT2D eigenvalue weighted by Gasteiger charge is -2.15. The third-order valence-corrected chi connectivity index (χ3v) is 6.95. The number of aryl methyl sites for hydroxylation is 3. The van der Waals surface area contributed by atoms with E-state index in [1.807, 2.05) is 31.3 Å². The van der Waals surface area contributed by atoms with Crippen LogP contribution in [0.1, 0.15) is 21.8 Å². The van der Waals surface area contributed by atoms with Gasteiger partial charge in [0.1, 0.15) is 5.01 Å². The molecule has 32 heavy (non-hydrogen) atoms. The first kappa shape index (κ1) is 20.7. The maximum Gasteiger partial charge on any atom is 0.275 e. The van der Waals surface area contributed by atoms with Crippen LogP contribution in [0.4, 0.5) is 0 Å². The van der Waals surface area contributed by atoms with E-state index in [4.69, 9.17) is 4.98 Å². The topological polar surface area (TPSA) is 65.1 Å². The van der Waals surface area contributed by atoms with Gasteiger partial charge in [-0.05, 0) is 32.4 Å². The van der Waals surface area contributed by atoms with E-state index in [0.29, 0.717) is 10.7 Å². The lowest BCUT2D eigenvalue weighted by atomic mass is 10.1. The number of hydrogen-bond acceptors (Lipinski definition) is 6. The molecule has 0 N–H and O–H groups in total. The highest BCUT2D eigenvalue weighted by molar-refractivity contribution is 7.98. The van der Waals surface area contributed by atoms with E-state index in [9.17, 15) is 4.79 Å². The fourth-order valence-corrected chi connectivity index (χ4v) is 5.35. The highest BCUT2D eigenvalue weighted by Gasteiger charge is 2.17. The van der Waals surface area contributed by atoms with E-state index >= 15 is 0 Å². The summed E-state index contributed by atoms with van der Waals surface area (Å²) in [5.41, 5.74) is 6.19. The zero-order valence-corrected chi connectivity index (χ0v) is 19.6. The lowest BCUT2D eigenvalue weighted by molar-refractivity contribution is 0.869. The van der Waals surface area contributed by atoms with Crippen molar-refractivity contribution in [2.75, 3.05) is 0 Å². The molecule has 2 aromatic carbocycles. The average Bonchev–Trinajstić information content (AvgIpc) is 3.36. The summed E-state index contributed by atoms with van der Waals surface area (Å²) in [6.07, 6.45) is 1.91. The Hall–Kier alpha value is -3.23. The molecule has 0 fully saturated rings. The molecule has 0 aliphatic rings. The first-order chi connectivity index (χ1) is 15.5. The molecule has 0 spiro atoms. The molecular formula is C24H21N5OS2. The normalized spacial score (nSPS) is 11.3. The highest BCUT2D eigenvalue weighted by Crippen LogP contribution is 2.32. The Bertz CT molecular complexity index is 1480. The minimum absolute atomic E-state index is 0.155. The Morgan fingerprint density at radius 1 is 1.03 bits per heavy atom. The minimum atomic E-state index is -0.155. The maximum absolute atomic E-state index is 12.4. The van der Waals surface area contributed by atoms with Gasteiger partial charge in [-0.2, -0.15) is 9.61 Å². The Labute approximate surface area is 193 Å². The van der Waals surface area contributed by atoms with Crippen LogP contribution >= 0.6 is 23.1 Å². The summed E-state index contributed by atoms with van der Waals surface area (Å²) < 4.78 is 3.55. The quantitative estimate of drug-likeness (QED) is 0.337. The van der Waals surface area contributed by atoms with Gasteiger partial charge < -0.3 is 0 Å². The Morgan fingerprint density at radius 3 is 2.62 bits per heavy atom. The number of benzene rings is 2. The molecule has 160 valence electrons. The first-order valence-corrected chi connectivity index (χ1v) is 12.0. The molecule has 0 bridgehead atoms. The van der Waals surface area contributed by atoms with E-state index in [2.05, 4.69) is 58.8 Å². The van der Waals surface area contributed by atoms with Crippen molar-refractivity contribution in [3.8, 4) is 16.9 Å². The molecule has 6 nitrogen and oxygen atoms in total. The summed E-state index contributed by atoms with van der Waals surface area (Å²) in [4.78, 5) is 22.4. The van der Waals surface area contributed by atoms with E-state index < -0.39 is 0 Å². The minimum Gasteiger partial charge on any atom is -0.287 e. The fraction of sp³-hybridized carbons (Fsp3) is 0.167. The Balaban J connectivity index is 1.55. The molecule has 0 saturated carbocycles. The summed E-state index contributed by atoms with van der Waals surface area (Å²) >= 11 is 2.99. The van der Waals surface area contributed by atoms with Gasteiger partial charge in [0, 0.05) is 17.4 Å². The SMILES string of the molecule is Cc1ccc(-n2c(-c3ccccc3)cnc2SCc2cc(=O)n3nc(C)sc3n2)c(C)c1. The highest BCUT2D eigenvalue weighted by atomic mass is 32.2. The van der Waals surface area contributed by atoms with Gasteiger partial charge in [0.2, 0.25) is 4.96 Å². The van der Waals surface area contributed by atoms with Crippen molar-refractivity contribution in [1.82, 2.24) is 24.1 Å². The van der Waals surface area contributed by atoms with Crippen LogP contribution in [0.15, 0.2) is 70.7 Å². The van der Waals surface area contributed by atoms with Crippen molar-refractivity contribution in [3.63, 3.8) is 0 Å². The predicted octanol–water partition coefficient (Wildman–Crippen LogP) is 5.22. The third-order valence-electron chi connectivity index (χ3n) is 5.14. The second kappa shape index (κ2) is 8.37. The van der Waals surface area contributed by atoms with Crippen LogP contribution in [0.5, 0.6) is 0 Å². The van der Waals surface area contributed by atoms with Crippen LogP contribution in [0.2, 0.25) is 0 Å². The van der Waals surface area contributed by atoms with Crippen molar-refractivity contribution in [1.29, 1.82) is 0 Å². The van der Waals surface area contributed by atoms with Gasteiger partial charge in [0.25, 0.3) is 5.56 Å². The third kappa shape index (κ3) is 3.87. The Kier molecular flexibility index (Phi) is 5.40. The van der Waals surface area contributed by atoms with Crippen LogP contribution < -0.4 is 5.56 Å². The molecule has 0 amide bonds. The predicted molar refractivity (Wildman–Crippen MR) is 130 cm³/mol. The summed E-state index contributed by atoms with van der Waals surface area (Å²) in [6, 6.07) is 18.3. The summed E-state index contributed by atoms with van der Waals surface area (Å²) in [7, 11) is 0. The van der Waals surface area contributed by atoms with Gasteiger partial charge in [-0.3, -0.25) is 9.36 Å². The number of aromatic nitrogens is 5. The summed E-state index contributed by atoms with van der Waals surface area (Å²) in [6.45, 7) is 6.09. The van der Waals surface area contributed by atoms with E-state index in [-0.39, 0.29) is 5.56 Å². The zero-order valence-electron chi connectivity index (χ0n) is 17.9. The second-order valence-corrected chi connectivity index (χ2v) is 9.71. The molecular weight excluding hydrogens is 438 g/mol. The van der Waals surface area contributed by atoms with Gasteiger partial charge in [-0.1, -0.05) is 71.1 Å². The largest absolute Gasteiger partial charge is 0.287 e. The smallest absolute Gasteiger partial charge is 0.275 e. The lowest BCUT2D eigenvalue weighted by Crippen LogP contribution is -2.15. The van der Waals surface area contributed by atoms with Gasteiger partial charge in [0.05, 0.1) is 23.3 Å². The molecule has 5 aromatic rings. The second-order valence-electron chi connectivity index (χ2n) is 7.61. The number of imidazole rings is 1. The van der Waals surface area contributed by atoms with E-state index in [1.165, 1.54) is 27.0 Å². The standard InChI is InChI=1S/C24H21N5OS2/c1-15-9-10-20(16(2)11-15)28-21(18-7-5-4-6-8-18)13-25-23(28)31-14-19-12-22(30)29-24(26-19)32-17(3)27-29/h4-13H,14H2,1-3H3. The zero-order chi connectivity index (χ0) is 22.2. The number of rotatable bonds is 5. The van der Waals surface area contributed by atoms with Gasteiger partial charge in [0.15, 0.2) is 5.16 Å². The van der Waals surface area contributed by atoms with E-state index in [0.717, 1.165) is 32.8 Å². The van der Waals surface area contributed by atoms with Crippen molar-refractivity contribution in [2.24, 2.45) is 0 Å². The number of fused-ring (bicyclic) bond motifs is 1. The van der Waals surface area contributed by atoms with Crippen molar-refractivity contribution < 1.29 is 0 Å².